The highest BCUT2D eigenvalue weighted by Gasteiger charge is 2.31. The first-order valence-electron chi connectivity index (χ1n) is 7.81. The first kappa shape index (κ1) is 15.3. The second-order valence-corrected chi connectivity index (χ2v) is 5.31. The van der Waals surface area contributed by atoms with E-state index in [1.807, 2.05) is 24.0 Å². The second-order valence-electron chi connectivity index (χ2n) is 5.31. The van der Waals surface area contributed by atoms with E-state index < -0.39 is 0 Å². The molecule has 0 radical (unpaired) electrons. The molecule has 1 atom stereocenters. The zero-order valence-corrected chi connectivity index (χ0v) is 13.1. The monoisotopic (exact) mass is 316 g/mol. The van der Waals surface area contributed by atoms with Gasteiger partial charge in [0.25, 0.3) is 0 Å². The van der Waals surface area contributed by atoms with E-state index in [1.165, 1.54) is 0 Å². The smallest absolute Gasteiger partial charge is 0.243 e. The van der Waals surface area contributed by atoms with E-state index in [4.69, 9.17) is 9.15 Å². The molecule has 7 heteroatoms. The van der Waals surface area contributed by atoms with Crippen LogP contribution in [0.25, 0.3) is 0 Å². The molecule has 0 bridgehead atoms. The first-order chi connectivity index (χ1) is 11.3. The second kappa shape index (κ2) is 7.13. The third-order valence-electron chi connectivity index (χ3n) is 3.78. The molecule has 23 heavy (non-hydrogen) atoms. The molecule has 0 unspecified atom stereocenters. The standard InChI is InChI=1S/C16H20N4O3/c1-2-22-15-8-7-14(18-19-15)20-9-3-6-13(20)16(21)17-11-12-5-4-10-23-12/h4-5,7-8,10,13H,2-3,6,9,11H2,1H3,(H,17,21)/t13-/m1/s1. The lowest BCUT2D eigenvalue weighted by molar-refractivity contribution is -0.122. The predicted octanol–water partition coefficient (Wildman–Crippen LogP) is 1.75. The SMILES string of the molecule is CCOc1ccc(N2CCC[C@@H]2C(=O)NCc2ccco2)nn1. The van der Waals surface area contributed by atoms with E-state index in [2.05, 4.69) is 15.5 Å². The lowest BCUT2D eigenvalue weighted by Gasteiger charge is -2.24. The molecule has 1 aliphatic rings. The molecule has 2 aromatic rings. The highest BCUT2D eigenvalue weighted by atomic mass is 16.5. The highest BCUT2D eigenvalue weighted by Crippen LogP contribution is 2.24. The first-order valence-corrected chi connectivity index (χ1v) is 7.81. The number of aromatic nitrogens is 2. The van der Waals surface area contributed by atoms with Gasteiger partial charge in [-0.25, -0.2) is 0 Å². The zero-order chi connectivity index (χ0) is 16.1. The Balaban J connectivity index is 1.63. The van der Waals surface area contributed by atoms with Crippen LogP contribution in [0.4, 0.5) is 5.82 Å². The molecular weight excluding hydrogens is 296 g/mol. The summed E-state index contributed by atoms with van der Waals surface area (Å²) in [5.41, 5.74) is 0. The fourth-order valence-corrected chi connectivity index (χ4v) is 2.71. The molecule has 2 aromatic heterocycles. The van der Waals surface area contributed by atoms with Gasteiger partial charge in [0, 0.05) is 12.6 Å². The minimum absolute atomic E-state index is 0.0189. The molecule has 0 saturated carbocycles. The van der Waals surface area contributed by atoms with Gasteiger partial charge < -0.3 is 19.4 Å². The van der Waals surface area contributed by atoms with Gasteiger partial charge in [-0.1, -0.05) is 0 Å². The fourth-order valence-electron chi connectivity index (χ4n) is 2.71. The third kappa shape index (κ3) is 3.61. The summed E-state index contributed by atoms with van der Waals surface area (Å²) in [5.74, 6) is 1.91. The maximum absolute atomic E-state index is 12.4. The topological polar surface area (TPSA) is 80.5 Å². The van der Waals surface area contributed by atoms with Crippen LogP contribution < -0.4 is 15.0 Å². The number of amides is 1. The lowest BCUT2D eigenvalue weighted by atomic mass is 10.2. The lowest BCUT2D eigenvalue weighted by Crippen LogP contribution is -2.43. The number of nitrogens with one attached hydrogen (secondary N) is 1. The molecule has 1 aliphatic heterocycles. The summed E-state index contributed by atoms with van der Waals surface area (Å²) in [6.07, 6.45) is 3.35. The van der Waals surface area contributed by atoms with Gasteiger partial charge in [0.1, 0.15) is 11.8 Å². The Hall–Kier alpha value is -2.57. The Morgan fingerprint density at radius 3 is 3.04 bits per heavy atom. The predicted molar refractivity (Wildman–Crippen MR) is 84.1 cm³/mol. The maximum atomic E-state index is 12.4. The minimum atomic E-state index is -0.225. The summed E-state index contributed by atoms with van der Waals surface area (Å²) in [6.45, 7) is 3.64. The molecule has 1 N–H and O–H groups in total. The van der Waals surface area contributed by atoms with Crippen LogP contribution in [0.1, 0.15) is 25.5 Å². The van der Waals surface area contributed by atoms with Gasteiger partial charge in [0.15, 0.2) is 5.82 Å². The molecule has 1 amide bonds. The fraction of sp³-hybridized carbons (Fsp3) is 0.438. The van der Waals surface area contributed by atoms with Crippen molar-refractivity contribution >= 4 is 11.7 Å². The van der Waals surface area contributed by atoms with Crippen LogP contribution >= 0.6 is 0 Å². The van der Waals surface area contributed by atoms with Crippen molar-refractivity contribution in [3.05, 3.63) is 36.3 Å². The molecule has 0 spiro atoms. The molecule has 0 aliphatic carbocycles. The van der Waals surface area contributed by atoms with Gasteiger partial charge in [-0.05, 0) is 38.0 Å². The Bertz CT molecular complexity index is 627. The van der Waals surface area contributed by atoms with Crippen molar-refractivity contribution in [2.24, 2.45) is 0 Å². The van der Waals surface area contributed by atoms with Crippen molar-refractivity contribution in [3.63, 3.8) is 0 Å². The third-order valence-corrected chi connectivity index (χ3v) is 3.78. The number of anilines is 1. The number of ether oxygens (including phenoxy) is 1. The molecule has 7 nitrogen and oxygen atoms in total. The molecular formula is C16H20N4O3. The summed E-state index contributed by atoms with van der Waals surface area (Å²) in [6, 6.07) is 7.04. The van der Waals surface area contributed by atoms with Gasteiger partial charge >= 0.3 is 0 Å². The molecule has 0 aromatic carbocycles. The highest BCUT2D eigenvalue weighted by molar-refractivity contribution is 5.85. The Morgan fingerprint density at radius 2 is 2.35 bits per heavy atom. The Labute approximate surface area is 134 Å². The van der Waals surface area contributed by atoms with Gasteiger partial charge in [0.2, 0.25) is 11.8 Å². The van der Waals surface area contributed by atoms with Crippen molar-refractivity contribution in [1.82, 2.24) is 15.5 Å². The van der Waals surface area contributed by atoms with Crippen LogP contribution in [0.3, 0.4) is 0 Å². The number of hydrogen-bond donors (Lipinski definition) is 1. The number of carbonyl (C=O) groups is 1. The van der Waals surface area contributed by atoms with E-state index in [0.29, 0.717) is 24.8 Å². The van der Waals surface area contributed by atoms with Crippen LogP contribution in [0.15, 0.2) is 34.9 Å². The van der Waals surface area contributed by atoms with Crippen molar-refractivity contribution in [3.8, 4) is 5.88 Å². The average Bonchev–Trinajstić information content (AvgIpc) is 3.25. The molecule has 1 fully saturated rings. The molecule has 122 valence electrons. The van der Waals surface area contributed by atoms with Gasteiger partial charge in [-0.2, -0.15) is 0 Å². The number of nitrogens with zero attached hydrogens (tertiary/aromatic N) is 3. The van der Waals surface area contributed by atoms with E-state index in [1.54, 1.807) is 18.4 Å². The molecule has 3 heterocycles. The normalized spacial score (nSPS) is 17.3. The summed E-state index contributed by atoms with van der Waals surface area (Å²) < 4.78 is 10.5. The largest absolute Gasteiger partial charge is 0.477 e. The number of rotatable bonds is 6. The van der Waals surface area contributed by atoms with Crippen molar-refractivity contribution in [1.29, 1.82) is 0 Å². The van der Waals surface area contributed by atoms with Crippen LogP contribution in [0, 0.1) is 0 Å². The molecule has 3 rings (SSSR count). The van der Waals surface area contributed by atoms with Crippen molar-refractivity contribution in [2.75, 3.05) is 18.1 Å². The number of hydrogen-bond acceptors (Lipinski definition) is 6. The van der Waals surface area contributed by atoms with E-state index in [-0.39, 0.29) is 11.9 Å². The van der Waals surface area contributed by atoms with Gasteiger partial charge in [-0.3, -0.25) is 4.79 Å². The zero-order valence-electron chi connectivity index (χ0n) is 13.1. The minimum Gasteiger partial charge on any atom is -0.477 e. The molecule has 1 saturated heterocycles. The van der Waals surface area contributed by atoms with Crippen molar-refractivity contribution < 1.29 is 13.9 Å². The Morgan fingerprint density at radius 1 is 1.43 bits per heavy atom. The summed E-state index contributed by atoms with van der Waals surface area (Å²) in [5, 5.41) is 11.1. The van der Waals surface area contributed by atoms with E-state index in [9.17, 15) is 4.79 Å². The van der Waals surface area contributed by atoms with Crippen LogP contribution in [-0.2, 0) is 11.3 Å². The average molecular weight is 316 g/mol. The summed E-state index contributed by atoms with van der Waals surface area (Å²) in [4.78, 5) is 14.4. The maximum Gasteiger partial charge on any atom is 0.243 e. The van der Waals surface area contributed by atoms with Crippen LogP contribution in [0.5, 0.6) is 5.88 Å². The Kier molecular flexibility index (Phi) is 4.75. The van der Waals surface area contributed by atoms with Gasteiger partial charge in [-0.15, -0.1) is 10.2 Å². The van der Waals surface area contributed by atoms with Crippen LogP contribution in [0.2, 0.25) is 0 Å². The van der Waals surface area contributed by atoms with E-state index >= 15 is 0 Å². The van der Waals surface area contributed by atoms with Crippen LogP contribution in [-0.4, -0.2) is 35.3 Å². The van der Waals surface area contributed by atoms with Gasteiger partial charge in [0.05, 0.1) is 19.4 Å². The van der Waals surface area contributed by atoms with E-state index in [0.717, 1.165) is 25.1 Å². The number of carbonyl (C=O) groups excluding carboxylic acids is 1. The summed E-state index contributed by atoms with van der Waals surface area (Å²) >= 11 is 0. The summed E-state index contributed by atoms with van der Waals surface area (Å²) in [7, 11) is 0. The van der Waals surface area contributed by atoms with Crippen molar-refractivity contribution in [2.45, 2.75) is 32.4 Å². The quantitative estimate of drug-likeness (QED) is 0.874. The number of furan rings is 1.